The van der Waals surface area contributed by atoms with Crippen molar-refractivity contribution < 1.29 is 9.90 Å². The van der Waals surface area contributed by atoms with E-state index in [1.54, 1.807) is 12.1 Å². The average molecular weight is 201 g/mol. The van der Waals surface area contributed by atoms with Crippen molar-refractivity contribution in [3.8, 4) is 0 Å². The Morgan fingerprint density at radius 2 is 1.85 bits per heavy atom. The molecule has 2 N–H and O–H groups in total. The first-order chi connectivity index (χ1) is 5.74. The molecule has 0 atom stereocenters. The van der Waals surface area contributed by atoms with Gasteiger partial charge in [0.15, 0.2) is 0 Å². The molecule has 4 heteroatoms. The van der Waals surface area contributed by atoms with Crippen LogP contribution < -0.4 is 10.8 Å². The minimum Gasteiger partial charge on any atom is -0.550 e. The number of nitrogens with two attached hydrogens (primary N) is 1. The molecule has 0 amide bonds. The molecular formula is C9H11ClNO2-. The van der Waals surface area contributed by atoms with E-state index in [0.717, 1.165) is 11.1 Å². The van der Waals surface area contributed by atoms with Crippen LogP contribution in [0.25, 0.3) is 0 Å². The fourth-order valence-corrected chi connectivity index (χ4v) is 1.08. The van der Waals surface area contributed by atoms with Gasteiger partial charge in [0.1, 0.15) is 0 Å². The second kappa shape index (κ2) is 5.56. The number of halogens is 1. The Morgan fingerprint density at radius 1 is 1.31 bits per heavy atom. The number of carboxylic acid groups (broad SMARTS) is 1. The topological polar surface area (TPSA) is 66.2 Å². The van der Waals surface area contributed by atoms with Gasteiger partial charge in [-0.3, -0.25) is 0 Å². The molecule has 0 aliphatic carbocycles. The van der Waals surface area contributed by atoms with Crippen molar-refractivity contribution >= 4 is 18.4 Å². The van der Waals surface area contributed by atoms with Crippen molar-refractivity contribution in [2.75, 3.05) is 0 Å². The Kier molecular flexibility index (Phi) is 5.11. The Hall–Kier alpha value is -1.06. The fraction of sp³-hybridized carbons (Fsp3) is 0.222. The average Bonchev–Trinajstić information content (AvgIpc) is 2.04. The van der Waals surface area contributed by atoms with E-state index in [2.05, 4.69) is 0 Å². The third-order valence-corrected chi connectivity index (χ3v) is 1.67. The molecule has 72 valence electrons. The van der Waals surface area contributed by atoms with Crippen molar-refractivity contribution in [1.29, 1.82) is 0 Å². The maximum absolute atomic E-state index is 10.3. The van der Waals surface area contributed by atoms with Crippen LogP contribution in [0, 0.1) is 0 Å². The molecule has 0 saturated carbocycles. The van der Waals surface area contributed by atoms with Crippen LogP contribution in [0.3, 0.4) is 0 Å². The summed E-state index contributed by atoms with van der Waals surface area (Å²) in [6, 6.07) is 7.19. The lowest BCUT2D eigenvalue weighted by Crippen LogP contribution is -2.25. The molecule has 0 aromatic heterocycles. The summed E-state index contributed by atoms with van der Waals surface area (Å²) >= 11 is 0. The summed E-state index contributed by atoms with van der Waals surface area (Å²) in [5, 5.41) is 10.3. The van der Waals surface area contributed by atoms with Crippen molar-refractivity contribution in [2.45, 2.75) is 13.0 Å². The predicted molar refractivity (Wildman–Crippen MR) is 50.3 cm³/mol. The van der Waals surface area contributed by atoms with Crippen LogP contribution in [-0.4, -0.2) is 5.97 Å². The third kappa shape index (κ3) is 3.44. The van der Waals surface area contributed by atoms with Gasteiger partial charge < -0.3 is 15.6 Å². The number of hydrogen-bond donors (Lipinski definition) is 1. The van der Waals surface area contributed by atoms with Crippen LogP contribution >= 0.6 is 12.4 Å². The van der Waals surface area contributed by atoms with E-state index in [-0.39, 0.29) is 18.8 Å². The number of carbonyl (C=O) groups is 1. The van der Waals surface area contributed by atoms with Crippen LogP contribution in [0.1, 0.15) is 11.1 Å². The summed E-state index contributed by atoms with van der Waals surface area (Å²) in [6.45, 7) is 0.365. The van der Waals surface area contributed by atoms with Crippen molar-refractivity contribution in [2.24, 2.45) is 5.73 Å². The van der Waals surface area contributed by atoms with Gasteiger partial charge in [-0.1, -0.05) is 24.3 Å². The fourth-order valence-electron chi connectivity index (χ4n) is 1.08. The van der Waals surface area contributed by atoms with Crippen LogP contribution in [0.15, 0.2) is 24.3 Å². The monoisotopic (exact) mass is 200 g/mol. The molecule has 0 heterocycles. The van der Waals surface area contributed by atoms with E-state index in [9.17, 15) is 9.90 Å². The summed E-state index contributed by atoms with van der Waals surface area (Å²) in [6.07, 6.45) is -0.0621. The largest absolute Gasteiger partial charge is 0.550 e. The number of benzene rings is 1. The molecule has 3 nitrogen and oxygen atoms in total. The van der Waals surface area contributed by atoms with Gasteiger partial charge in [-0.15, -0.1) is 12.4 Å². The quantitative estimate of drug-likeness (QED) is 0.739. The molecule has 13 heavy (non-hydrogen) atoms. The van der Waals surface area contributed by atoms with Crippen molar-refractivity contribution in [1.82, 2.24) is 0 Å². The minimum absolute atomic E-state index is 0. The highest BCUT2D eigenvalue weighted by molar-refractivity contribution is 5.85. The lowest BCUT2D eigenvalue weighted by atomic mass is 10.1. The van der Waals surface area contributed by atoms with Crippen LogP contribution in [0.5, 0.6) is 0 Å². The number of carboxylic acids is 1. The normalized spacial score (nSPS) is 9.00. The maximum Gasteiger partial charge on any atom is 0.0458 e. The molecule has 0 aliphatic rings. The first kappa shape index (κ1) is 11.9. The summed E-state index contributed by atoms with van der Waals surface area (Å²) in [5.74, 6) is -1.07. The highest BCUT2D eigenvalue weighted by Gasteiger charge is 1.98. The first-order valence-electron chi connectivity index (χ1n) is 3.70. The molecule has 0 radical (unpaired) electrons. The molecule has 1 aromatic carbocycles. The van der Waals surface area contributed by atoms with Crippen LogP contribution in [0.2, 0.25) is 0 Å². The highest BCUT2D eigenvalue weighted by Crippen LogP contribution is 2.07. The van der Waals surface area contributed by atoms with Gasteiger partial charge >= 0.3 is 0 Å². The van der Waals surface area contributed by atoms with Gasteiger partial charge in [-0.05, 0) is 11.1 Å². The van der Waals surface area contributed by atoms with E-state index in [1.165, 1.54) is 0 Å². The Labute approximate surface area is 83.0 Å². The van der Waals surface area contributed by atoms with Gasteiger partial charge in [-0.2, -0.15) is 0 Å². The number of hydrogen-bond acceptors (Lipinski definition) is 3. The molecule has 0 bridgehead atoms. The van der Waals surface area contributed by atoms with E-state index < -0.39 is 5.97 Å². The lowest BCUT2D eigenvalue weighted by molar-refractivity contribution is -0.304. The Bertz CT molecular complexity index is 289. The SMILES string of the molecule is Cl.NCc1ccccc1CC(=O)[O-]. The number of aliphatic carboxylic acids is 1. The predicted octanol–water partition coefficient (Wildman–Crippen LogP) is -0.141. The van der Waals surface area contributed by atoms with Gasteiger partial charge in [0.05, 0.1) is 0 Å². The molecule has 0 spiro atoms. The smallest absolute Gasteiger partial charge is 0.0458 e. The van der Waals surface area contributed by atoms with Gasteiger partial charge in [-0.25, -0.2) is 0 Å². The van der Waals surface area contributed by atoms with E-state index in [0.29, 0.717) is 6.54 Å². The second-order valence-electron chi connectivity index (χ2n) is 2.52. The third-order valence-electron chi connectivity index (χ3n) is 1.67. The Balaban J connectivity index is 0.00000144. The standard InChI is InChI=1S/C9H11NO2.ClH/c10-6-8-4-2-1-3-7(8)5-9(11)12;/h1-4H,5-6,10H2,(H,11,12);1H/p-1. The zero-order valence-electron chi connectivity index (χ0n) is 7.03. The first-order valence-corrected chi connectivity index (χ1v) is 3.70. The molecule has 0 saturated heterocycles. The number of rotatable bonds is 3. The minimum atomic E-state index is -1.07. The molecule has 1 aromatic rings. The van der Waals surface area contributed by atoms with Crippen molar-refractivity contribution in [3.05, 3.63) is 35.4 Å². The zero-order valence-corrected chi connectivity index (χ0v) is 7.84. The second-order valence-corrected chi connectivity index (χ2v) is 2.52. The summed E-state index contributed by atoms with van der Waals surface area (Å²) < 4.78 is 0. The van der Waals surface area contributed by atoms with Crippen LogP contribution in [0.4, 0.5) is 0 Å². The highest BCUT2D eigenvalue weighted by atomic mass is 35.5. The van der Waals surface area contributed by atoms with Crippen molar-refractivity contribution in [3.63, 3.8) is 0 Å². The molecule has 0 fully saturated rings. The summed E-state index contributed by atoms with van der Waals surface area (Å²) in [5.41, 5.74) is 7.01. The summed E-state index contributed by atoms with van der Waals surface area (Å²) in [4.78, 5) is 10.3. The lowest BCUT2D eigenvalue weighted by Gasteiger charge is -2.07. The molecule has 0 unspecified atom stereocenters. The van der Waals surface area contributed by atoms with E-state index >= 15 is 0 Å². The molecule has 1 rings (SSSR count). The molecular weight excluding hydrogens is 190 g/mol. The van der Waals surface area contributed by atoms with Crippen LogP contribution in [-0.2, 0) is 17.8 Å². The van der Waals surface area contributed by atoms with Gasteiger partial charge in [0.2, 0.25) is 0 Å². The maximum atomic E-state index is 10.3. The zero-order chi connectivity index (χ0) is 8.97. The summed E-state index contributed by atoms with van der Waals surface area (Å²) in [7, 11) is 0. The van der Waals surface area contributed by atoms with E-state index in [4.69, 9.17) is 5.73 Å². The Morgan fingerprint density at radius 3 is 2.31 bits per heavy atom. The number of carbonyl (C=O) groups excluding carboxylic acids is 1. The van der Waals surface area contributed by atoms with Gasteiger partial charge in [0, 0.05) is 18.9 Å². The van der Waals surface area contributed by atoms with E-state index in [1.807, 2.05) is 12.1 Å². The van der Waals surface area contributed by atoms with Gasteiger partial charge in [0.25, 0.3) is 0 Å². The molecule has 0 aliphatic heterocycles.